The normalized spacial score (nSPS) is 11.1. The Kier molecular flexibility index (Phi) is 8.70. The SMILES string of the molecule is CS(=O)(=O)N(CC(=O)N/N=C/c1ccc(OC(=O)c2ccccc2)cc1)c1ccc(Oc2ccccc2)cc1. The maximum absolute atomic E-state index is 12.5. The van der Waals surface area contributed by atoms with E-state index >= 15 is 0 Å². The van der Waals surface area contributed by atoms with Gasteiger partial charge in [0.1, 0.15) is 23.8 Å². The molecule has 0 unspecified atom stereocenters. The van der Waals surface area contributed by atoms with Crippen LogP contribution in [0, 0.1) is 0 Å². The number of ether oxygens (including phenoxy) is 2. The number of amides is 1. The fraction of sp³-hybridized carbons (Fsp3) is 0.0690. The summed E-state index contributed by atoms with van der Waals surface area (Å²) >= 11 is 0. The summed E-state index contributed by atoms with van der Waals surface area (Å²) in [6.07, 6.45) is 2.41. The molecule has 0 atom stereocenters. The minimum Gasteiger partial charge on any atom is -0.457 e. The second-order valence-electron chi connectivity index (χ2n) is 8.30. The molecule has 4 aromatic carbocycles. The average molecular weight is 544 g/mol. The molecule has 0 bridgehead atoms. The van der Waals surface area contributed by atoms with E-state index in [4.69, 9.17) is 9.47 Å². The Labute approximate surface area is 226 Å². The zero-order chi connectivity index (χ0) is 27.7. The molecule has 0 aliphatic heterocycles. The second-order valence-corrected chi connectivity index (χ2v) is 10.2. The average Bonchev–Trinajstić information content (AvgIpc) is 2.94. The van der Waals surface area contributed by atoms with Gasteiger partial charge in [-0.05, 0) is 78.4 Å². The van der Waals surface area contributed by atoms with Gasteiger partial charge in [-0.1, -0.05) is 36.4 Å². The number of esters is 1. The lowest BCUT2D eigenvalue weighted by atomic mass is 10.2. The van der Waals surface area contributed by atoms with Crippen molar-refractivity contribution in [2.75, 3.05) is 17.1 Å². The van der Waals surface area contributed by atoms with Gasteiger partial charge >= 0.3 is 5.97 Å². The molecule has 1 amide bonds. The van der Waals surface area contributed by atoms with Crippen LogP contribution in [0.25, 0.3) is 0 Å². The van der Waals surface area contributed by atoms with Crippen molar-refractivity contribution in [1.82, 2.24) is 5.43 Å². The van der Waals surface area contributed by atoms with Gasteiger partial charge in [0.25, 0.3) is 5.91 Å². The van der Waals surface area contributed by atoms with Gasteiger partial charge in [0, 0.05) is 0 Å². The minimum absolute atomic E-state index is 0.303. The molecule has 0 aromatic heterocycles. The van der Waals surface area contributed by atoms with Crippen molar-refractivity contribution in [3.63, 3.8) is 0 Å². The van der Waals surface area contributed by atoms with Crippen molar-refractivity contribution in [1.29, 1.82) is 0 Å². The number of carbonyl (C=O) groups excluding carboxylic acids is 2. The summed E-state index contributed by atoms with van der Waals surface area (Å²) in [4.78, 5) is 24.6. The van der Waals surface area contributed by atoms with Gasteiger partial charge in [0.15, 0.2) is 0 Å². The van der Waals surface area contributed by atoms with Crippen molar-refractivity contribution in [3.05, 3.63) is 120 Å². The maximum atomic E-state index is 12.5. The number of carbonyl (C=O) groups is 2. The standard InChI is InChI=1S/C29H25N3O6S/c1-39(35,36)32(24-14-18-26(19-15-24)37-25-10-6-3-7-11-25)21-28(33)31-30-20-22-12-16-27(17-13-22)38-29(34)23-8-4-2-5-9-23/h2-20H,21H2,1H3,(H,31,33)/b30-20+. The van der Waals surface area contributed by atoms with Crippen LogP contribution in [0.15, 0.2) is 114 Å². The van der Waals surface area contributed by atoms with Crippen molar-refractivity contribution in [2.45, 2.75) is 0 Å². The van der Waals surface area contributed by atoms with Gasteiger partial charge in [-0.25, -0.2) is 18.6 Å². The van der Waals surface area contributed by atoms with Gasteiger partial charge in [-0.15, -0.1) is 0 Å². The van der Waals surface area contributed by atoms with Gasteiger partial charge in [0.05, 0.1) is 23.7 Å². The van der Waals surface area contributed by atoms with Crippen LogP contribution in [0.2, 0.25) is 0 Å². The number of anilines is 1. The molecule has 4 rings (SSSR count). The molecule has 4 aromatic rings. The summed E-state index contributed by atoms with van der Waals surface area (Å²) < 4.78 is 36.8. The van der Waals surface area contributed by atoms with Crippen LogP contribution >= 0.6 is 0 Å². The molecule has 39 heavy (non-hydrogen) atoms. The Morgan fingerprint density at radius 1 is 0.795 bits per heavy atom. The fourth-order valence-electron chi connectivity index (χ4n) is 3.41. The lowest BCUT2D eigenvalue weighted by Gasteiger charge is -2.21. The number of nitrogens with zero attached hydrogens (tertiary/aromatic N) is 2. The Balaban J connectivity index is 1.32. The maximum Gasteiger partial charge on any atom is 0.343 e. The lowest BCUT2D eigenvalue weighted by molar-refractivity contribution is -0.119. The number of para-hydroxylation sites is 1. The van der Waals surface area contributed by atoms with Crippen molar-refractivity contribution < 1.29 is 27.5 Å². The van der Waals surface area contributed by atoms with Crippen LogP contribution in [0.5, 0.6) is 17.2 Å². The van der Waals surface area contributed by atoms with E-state index < -0.39 is 28.4 Å². The van der Waals surface area contributed by atoms with E-state index in [1.54, 1.807) is 84.9 Å². The highest BCUT2D eigenvalue weighted by atomic mass is 32.2. The monoisotopic (exact) mass is 543 g/mol. The molecule has 0 saturated heterocycles. The molecule has 0 aliphatic carbocycles. The number of benzene rings is 4. The summed E-state index contributed by atoms with van der Waals surface area (Å²) in [5.74, 6) is 0.417. The fourth-order valence-corrected chi connectivity index (χ4v) is 4.27. The number of nitrogens with one attached hydrogen (secondary N) is 1. The zero-order valence-electron chi connectivity index (χ0n) is 20.9. The van der Waals surface area contributed by atoms with Crippen molar-refractivity contribution in [2.24, 2.45) is 5.10 Å². The van der Waals surface area contributed by atoms with E-state index in [9.17, 15) is 18.0 Å². The molecule has 0 saturated carbocycles. The third-order valence-corrected chi connectivity index (χ3v) is 6.43. The van der Waals surface area contributed by atoms with E-state index in [0.29, 0.717) is 34.1 Å². The lowest BCUT2D eigenvalue weighted by Crippen LogP contribution is -2.38. The molecule has 0 fully saturated rings. The van der Waals surface area contributed by atoms with Crippen molar-refractivity contribution in [3.8, 4) is 17.2 Å². The summed E-state index contributed by atoms with van der Waals surface area (Å²) in [6, 6.07) is 30.7. The third-order valence-electron chi connectivity index (χ3n) is 5.29. The molecule has 0 aliphatic rings. The number of hydrogen-bond acceptors (Lipinski definition) is 7. The molecule has 9 nitrogen and oxygen atoms in total. The summed E-state index contributed by atoms with van der Waals surface area (Å²) in [5.41, 5.74) is 3.70. The first-order chi connectivity index (χ1) is 18.8. The molecule has 1 N–H and O–H groups in total. The first-order valence-corrected chi connectivity index (χ1v) is 13.6. The molecular formula is C29H25N3O6S. The summed E-state index contributed by atoms with van der Waals surface area (Å²) in [6.45, 7) is -0.469. The van der Waals surface area contributed by atoms with Crippen LogP contribution < -0.4 is 19.2 Å². The third kappa shape index (κ3) is 8.01. The molecular weight excluding hydrogens is 518 g/mol. The molecule has 10 heteroatoms. The first-order valence-electron chi connectivity index (χ1n) is 11.8. The molecule has 198 valence electrons. The highest BCUT2D eigenvalue weighted by Crippen LogP contribution is 2.25. The van der Waals surface area contributed by atoms with Gasteiger partial charge < -0.3 is 9.47 Å². The van der Waals surface area contributed by atoms with E-state index in [1.165, 1.54) is 6.21 Å². The quantitative estimate of drug-likeness (QED) is 0.135. The number of sulfonamides is 1. The first kappa shape index (κ1) is 27.1. The van der Waals surface area contributed by atoms with Gasteiger partial charge in [-0.3, -0.25) is 9.10 Å². The Morgan fingerprint density at radius 3 is 1.97 bits per heavy atom. The second kappa shape index (κ2) is 12.5. The smallest absolute Gasteiger partial charge is 0.343 e. The van der Waals surface area contributed by atoms with Crippen LogP contribution in [-0.2, 0) is 14.8 Å². The van der Waals surface area contributed by atoms with Crippen LogP contribution in [-0.4, -0.2) is 39.3 Å². The van der Waals surface area contributed by atoms with Crippen LogP contribution in [0.4, 0.5) is 5.69 Å². The number of hydrazone groups is 1. The predicted molar refractivity (Wildman–Crippen MR) is 149 cm³/mol. The molecule has 0 spiro atoms. The van der Waals surface area contributed by atoms with Gasteiger partial charge in [-0.2, -0.15) is 5.10 Å². The number of rotatable bonds is 10. The largest absolute Gasteiger partial charge is 0.457 e. The van der Waals surface area contributed by atoms with E-state index in [0.717, 1.165) is 10.6 Å². The predicted octanol–water partition coefficient (Wildman–Crippen LogP) is 4.61. The Morgan fingerprint density at radius 2 is 1.36 bits per heavy atom. The molecule has 0 heterocycles. The highest BCUT2D eigenvalue weighted by Gasteiger charge is 2.21. The topological polar surface area (TPSA) is 114 Å². The highest BCUT2D eigenvalue weighted by molar-refractivity contribution is 7.92. The van der Waals surface area contributed by atoms with Crippen LogP contribution in [0.3, 0.4) is 0 Å². The van der Waals surface area contributed by atoms with E-state index in [-0.39, 0.29) is 0 Å². The summed E-state index contributed by atoms with van der Waals surface area (Å²) in [7, 11) is -3.76. The Hall–Kier alpha value is -4.96. The molecule has 0 radical (unpaired) electrons. The van der Waals surface area contributed by atoms with Crippen LogP contribution in [0.1, 0.15) is 15.9 Å². The van der Waals surface area contributed by atoms with Crippen molar-refractivity contribution >= 4 is 33.8 Å². The zero-order valence-corrected chi connectivity index (χ0v) is 21.7. The van der Waals surface area contributed by atoms with Gasteiger partial charge in [0.2, 0.25) is 10.0 Å². The summed E-state index contributed by atoms with van der Waals surface area (Å²) in [5, 5.41) is 3.90. The van der Waals surface area contributed by atoms with E-state index in [2.05, 4.69) is 10.5 Å². The van der Waals surface area contributed by atoms with E-state index in [1.807, 2.05) is 24.3 Å². The number of hydrogen-bond donors (Lipinski definition) is 1. The minimum atomic E-state index is -3.76. The Bertz CT molecular complexity index is 1540.